The summed E-state index contributed by atoms with van der Waals surface area (Å²) in [6.45, 7) is 0. The van der Waals surface area contributed by atoms with Gasteiger partial charge in [0.25, 0.3) is 0 Å². The summed E-state index contributed by atoms with van der Waals surface area (Å²) >= 11 is 0. The predicted octanol–water partition coefficient (Wildman–Crippen LogP) is 0.663. The van der Waals surface area contributed by atoms with Crippen molar-refractivity contribution in [3.63, 3.8) is 0 Å². The quantitative estimate of drug-likeness (QED) is 0.607. The zero-order valence-electron chi connectivity index (χ0n) is 6.54. The fraction of sp³-hybridized carbons (Fsp3) is 0.143. The number of nitrogens with one attached hydrogen (secondary N) is 1. The predicted molar refractivity (Wildman–Crippen MR) is 47.1 cm³/mol. The maximum atomic E-state index is 12.9. The Morgan fingerprint density at radius 2 is 2.15 bits per heavy atom. The highest BCUT2D eigenvalue weighted by Gasteiger charge is 2.24. The van der Waals surface area contributed by atoms with Crippen LogP contribution in [0.15, 0.2) is 12.1 Å². The number of rotatable bonds is 0. The first kappa shape index (κ1) is 8.31. The van der Waals surface area contributed by atoms with Gasteiger partial charge in [0.15, 0.2) is 0 Å². The fourth-order valence-electron chi connectivity index (χ4n) is 1.25. The zero-order chi connectivity index (χ0) is 9.64. The molecule has 1 aliphatic heterocycles. The van der Waals surface area contributed by atoms with E-state index in [2.05, 4.69) is 4.72 Å². The number of halogens is 1. The molecule has 3 N–H and O–H groups in total. The number of benzene rings is 1. The second-order valence-corrected chi connectivity index (χ2v) is 4.61. The van der Waals surface area contributed by atoms with Crippen LogP contribution in [0.4, 0.5) is 15.8 Å². The van der Waals surface area contributed by atoms with Crippen LogP contribution in [0.2, 0.25) is 0 Å². The summed E-state index contributed by atoms with van der Waals surface area (Å²) in [6, 6.07) is 2.43. The van der Waals surface area contributed by atoms with E-state index < -0.39 is 15.8 Å². The van der Waals surface area contributed by atoms with Gasteiger partial charge in [0.05, 0.1) is 17.1 Å². The van der Waals surface area contributed by atoms with Crippen molar-refractivity contribution in [2.75, 3.05) is 10.5 Å². The molecule has 70 valence electrons. The highest BCUT2D eigenvalue weighted by molar-refractivity contribution is 7.92. The van der Waals surface area contributed by atoms with Crippen LogP contribution >= 0.6 is 0 Å². The number of hydrogen-bond acceptors (Lipinski definition) is 3. The molecule has 4 nitrogen and oxygen atoms in total. The maximum absolute atomic E-state index is 12.9. The Hall–Kier alpha value is -1.30. The van der Waals surface area contributed by atoms with Crippen LogP contribution in [0.5, 0.6) is 0 Å². The molecule has 0 aliphatic carbocycles. The molecule has 0 fully saturated rings. The van der Waals surface area contributed by atoms with Crippen molar-refractivity contribution in [3.8, 4) is 0 Å². The lowest BCUT2D eigenvalue weighted by molar-refractivity contribution is 0.602. The van der Waals surface area contributed by atoms with Crippen LogP contribution in [-0.2, 0) is 15.8 Å². The molecule has 0 amide bonds. The molecule has 0 radical (unpaired) electrons. The Morgan fingerprint density at radius 1 is 1.46 bits per heavy atom. The molecule has 0 saturated heterocycles. The number of fused-ring (bicyclic) bond motifs is 1. The van der Waals surface area contributed by atoms with E-state index in [0.29, 0.717) is 11.3 Å². The summed E-state index contributed by atoms with van der Waals surface area (Å²) in [4.78, 5) is 0. The van der Waals surface area contributed by atoms with E-state index in [4.69, 9.17) is 5.73 Å². The number of nitrogens with two attached hydrogens (primary N) is 1. The van der Waals surface area contributed by atoms with Gasteiger partial charge < -0.3 is 5.73 Å². The molecule has 0 atom stereocenters. The monoisotopic (exact) mass is 202 g/mol. The van der Waals surface area contributed by atoms with Gasteiger partial charge in [-0.25, -0.2) is 12.8 Å². The maximum Gasteiger partial charge on any atom is 0.237 e. The molecule has 0 unspecified atom stereocenters. The third-order valence-corrected chi connectivity index (χ3v) is 3.06. The van der Waals surface area contributed by atoms with Crippen LogP contribution in [0.25, 0.3) is 0 Å². The van der Waals surface area contributed by atoms with E-state index in [1.54, 1.807) is 0 Å². The van der Waals surface area contributed by atoms with E-state index in [9.17, 15) is 12.8 Å². The highest BCUT2D eigenvalue weighted by atomic mass is 32.2. The van der Waals surface area contributed by atoms with Crippen molar-refractivity contribution in [2.45, 2.75) is 5.75 Å². The molecule has 1 aliphatic rings. The average Bonchev–Trinajstić information content (AvgIpc) is 2.24. The lowest BCUT2D eigenvalue weighted by Gasteiger charge is -2.00. The lowest BCUT2D eigenvalue weighted by Crippen LogP contribution is -2.05. The Kier molecular flexibility index (Phi) is 1.50. The highest BCUT2D eigenvalue weighted by Crippen LogP contribution is 2.30. The van der Waals surface area contributed by atoms with Crippen LogP contribution in [0, 0.1) is 5.82 Å². The average molecular weight is 202 g/mol. The van der Waals surface area contributed by atoms with Crippen LogP contribution in [-0.4, -0.2) is 8.42 Å². The van der Waals surface area contributed by atoms with Crippen LogP contribution in [0.3, 0.4) is 0 Å². The summed E-state index contributed by atoms with van der Waals surface area (Å²) < 4.78 is 37.2. The normalized spacial score (nSPS) is 17.9. The molecule has 0 bridgehead atoms. The molecular formula is C7H7FN2O2S. The summed E-state index contributed by atoms with van der Waals surface area (Å²) in [5.41, 5.74) is 6.02. The third-order valence-electron chi connectivity index (χ3n) is 1.83. The third kappa shape index (κ3) is 1.33. The van der Waals surface area contributed by atoms with Gasteiger partial charge in [-0.15, -0.1) is 0 Å². The SMILES string of the molecule is Nc1cc2c(cc1F)CS(=O)(=O)N2. The Morgan fingerprint density at radius 3 is 2.85 bits per heavy atom. The molecule has 6 heteroatoms. The molecule has 13 heavy (non-hydrogen) atoms. The first-order valence-electron chi connectivity index (χ1n) is 3.56. The van der Waals surface area contributed by atoms with Gasteiger partial charge in [-0.3, -0.25) is 4.72 Å². The zero-order valence-corrected chi connectivity index (χ0v) is 7.36. The van der Waals surface area contributed by atoms with Crippen LogP contribution < -0.4 is 10.5 Å². The van der Waals surface area contributed by atoms with Gasteiger partial charge in [0.2, 0.25) is 10.0 Å². The van der Waals surface area contributed by atoms with Gasteiger partial charge in [0.1, 0.15) is 5.82 Å². The van der Waals surface area contributed by atoms with Crippen molar-refractivity contribution >= 4 is 21.4 Å². The Bertz CT molecular complexity index is 433. The second kappa shape index (κ2) is 2.35. The first-order valence-corrected chi connectivity index (χ1v) is 5.21. The molecular weight excluding hydrogens is 195 g/mol. The minimum absolute atomic E-state index is 0.0525. The van der Waals surface area contributed by atoms with Gasteiger partial charge in [-0.2, -0.15) is 0 Å². The Labute approximate surface area is 74.6 Å². The summed E-state index contributed by atoms with van der Waals surface area (Å²) in [6.07, 6.45) is 0. The standard InChI is InChI=1S/C7H7FN2O2S/c8-5-1-4-3-13(11,12)10-7(4)2-6(5)9/h1-2,10H,3,9H2. The van der Waals surface area contributed by atoms with Crippen molar-refractivity contribution in [2.24, 2.45) is 0 Å². The summed E-state index contributed by atoms with van der Waals surface area (Å²) in [5.74, 6) is -0.767. The number of sulfonamides is 1. The van der Waals surface area contributed by atoms with Crippen molar-refractivity contribution in [3.05, 3.63) is 23.5 Å². The number of anilines is 2. The van der Waals surface area contributed by atoms with Gasteiger partial charge in [0, 0.05) is 0 Å². The molecule has 0 spiro atoms. The molecule has 0 saturated carbocycles. The van der Waals surface area contributed by atoms with E-state index in [-0.39, 0.29) is 11.4 Å². The topological polar surface area (TPSA) is 72.2 Å². The molecule has 1 aromatic rings. The molecule has 1 heterocycles. The van der Waals surface area contributed by atoms with E-state index in [1.807, 2.05) is 0 Å². The molecule has 2 rings (SSSR count). The van der Waals surface area contributed by atoms with E-state index in [0.717, 1.165) is 6.07 Å². The van der Waals surface area contributed by atoms with Gasteiger partial charge >= 0.3 is 0 Å². The van der Waals surface area contributed by atoms with Crippen molar-refractivity contribution in [1.29, 1.82) is 0 Å². The summed E-state index contributed by atoms with van der Waals surface area (Å²) in [7, 11) is -3.31. The number of hydrogen-bond donors (Lipinski definition) is 2. The number of nitrogen functional groups attached to an aromatic ring is 1. The van der Waals surface area contributed by atoms with Gasteiger partial charge in [-0.1, -0.05) is 0 Å². The summed E-state index contributed by atoms with van der Waals surface area (Å²) in [5, 5.41) is 0. The smallest absolute Gasteiger partial charge is 0.237 e. The lowest BCUT2D eigenvalue weighted by atomic mass is 10.2. The van der Waals surface area contributed by atoms with Crippen molar-refractivity contribution < 1.29 is 12.8 Å². The second-order valence-electron chi connectivity index (χ2n) is 2.89. The van der Waals surface area contributed by atoms with E-state index >= 15 is 0 Å². The molecule has 0 aromatic heterocycles. The fourth-order valence-corrected chi connectivity index (χ4v) is 2.50. The van der Waals surface area contributed by atoms with Crippen molar-refractivity contribution in [1.82, 2.24) is 0 Å². The minimum Gasteiger partial charge on any atom is -0.396 e. The van der Waals surface area contributed by atoms with Gasteiger partial charge in [-0.05, 0) is 17.7 Å². The largest absolute Gasteiger partial charge is 0.396 e. The molecule has 1 aromatic carbocycles. The van der Waals surface area contributed by atoms with E-state index in [1.165, 1.54) is 6.07 Å². The minimum atomic E-state index is -3.31. The Balaban J connectivity index is 2.60. The van der Waals surface area contributed by atoms with Crippen LogP contribution in [0.1, 0.15) is 5.56 Å². The first-order chi connectivity index (χ1) is 5.98.